The summed E-state index contributed by atoms with van der Waals surface area (Å²) in [5.74, 6) is 0. The van der Waals surface area contributed by atoms with Crippen LogP contribution in [0.15, 0.2) is 35.5 Å². The van der Waals surface area contributed by atoms with Gasteiger partial charge in [0.1, 0.15) is 6.07 Å². The van der Waals surface area contributed by atoms with Gasteiger partial charge in [-0.15, -0.1) is 0 Å². The van der Waals surface area contributed by atoms with Gasteiger partial charge in [-0.1, -0.05) is 35.5 Å². The van der Waals surface area contributed by atoms with Gasteiger partial charge in [-0.25, -0.2) is 0 Å². The van der Waals surface area contributed by atoms with Crippen LogP contribution in [0.5, 0.6) is 0 Å². The van der Waals surface area contributed by atoms with E-state index in [2.05, 4.69) is 5.16 Å². The van der Waals surface area contributed by atoms with Crippen molar-refractivity contribution in [3.05, 3.63) is 35.9 Å². The Bertz CT molecular complexity index is 476. The summed E-state index contributed by atoms with van der Waals surface area (Å²) in [5.41, 5.74) is 0.762. The zero-order valence-corrected chi connectivity index (χ0v) is 11.1. The Morgan fingerprint density at radius 3 is 2.35 bits per heavy atom. The molecule has 90 valence electrons. The van der Waals surface area contributed by atoms with Gasteiger partial charge in [0, 0.05) is 31.6 Å². The van der Waals surface area contributed by atoms with Crippen LogP contribution in [0, 0.1) is 11.3 Å². The molecule has 0 heterocycles. The lowest BCUT2D eigenvalue weighted by Crippen LogP contribution is -1.99. The van der Waals surface area contributed by atoms with Gasteiger partial charge in [-0.3, -0.25) is 0 Å². The van der Waals surface area contributed by atoms with Crippen LogP contribution in [-0.4, -0.2) is 19.9 Å². The molecule has 0 N–H and O–H groups in total. The maximum atomic E-state index is 8.96. The Morgan fingerprint density at radius 2 is 1.88 bits per heavy atom. The largest absolute Gasteiger partial charge is 0.401 e. The maximum absolute atomic E-state index is 8.96. The van der Waals surface area contributed by atoms with E-state index in [0.717, 1.165) is 0 Å². The zero-order valence-electron chi connectivity index (χ0n) is 9.36. The second-order valence-electron chi connectivity index (χ2n) is 2.81. The van der Waals surface area contributed by atoms with Crippen LogP contribution in [0.4, 0.5) is 0 Å². The summed E-state index contributed by atoms with van der Waals surface area (Å²) in [4.78, 5) is 0. The fourth-order valence-electron chi connectivity index (χ4n) is 0.966. The summed E-state index contributed by atoms with van der Waals surface area (Å²) in [7, 11) is 2.74. The molecule has 0 aliphatic carbocycles. The van der Waals surface area contributed by atoms with Gasteiger partial charge >= 0.3 is 6.72 Å². The monoisotopic (exact) mass is 270 g/mol. The molecule has 0 fully saturated rings. The Balaban J connectivity index is 2.91. The molecule has 5 nitrogen and oxygen atoms in total. The molecule has 0 amide bonds. The molecule has 0 spiro atoms. The topological polar surface area (TPSA) is 63.8 Å². The normalized spacial score (nSPS) is 11.9. The highest BCUT2D eigenvalue weighted by Crippen LogP contribution is 2.48. The highest BCUT2D eigenvalue weighted by atomic mass is 32.5. The van der Waals surface area contributed by atoms with Crippen molar-refractivity contribution < 1.29 is 13.7 Å². The van der Waals surface area contributed by atoms with E-state index in [1.807, 2.05) is 12.1 Å². The first-order chi connectivity index (χ1) is 8.15. The van der Waals surface area contributed by atoms with Crippen LogP contribution in [0.1, 0.15) is 5.56 Å². The van der Waals surface area contributed by atoms with E-state index in [4.69, 9.17) is 30.7 Å². The number of oxime groups is 1. The first kappa shape index (κ1) is 13.8. The van der Waals surface area contributed by atoms with E-state index in [1.54, 1.807) is 24.3 Å². The number of hydrogen-bond acceptors (Lipinski definition) is 6. The van der Waals surface area contributed by atoms with Gasteiger partial charge in [-0.2, -0.15) is 5.26 Å². The molecule has 1 aromatic rings. The molecular weight excluding hydrogens is 259 g/mol. The molecule has 0 bridgehead atoms. The molecule has 0 unspecified atom stereocenters. The first-order valence-corrected chi connectivity index (χ1v) is 7.14. The molecule has 0 atom stereocenters. The van der Waals surface area contributed by atoms with Gasteiger partial charge in [0.05, 0.1) is 0 Å². The Morgan fingerprint density at radius 1 is 1.29 bits per heavy atom. The number of rotatable bonds is 5. The van der Waals surface area contributed by atoms with Crippen molar-refractivity contribution in [2.45, 2.75) is 0 Å². The molecular formula is C10H11N2O3PS. The third-order valence-electron chi connectivity index (χ3n) is 1.83. The third kappa shape index (κ3) is 3.91. The number of benzene rings is 1. The van der Waals surface area contributed by atoms with E-state index in [-0.39, 0.29) is 5.71 Å². The van der Waals surface area contributed by atoms with Crippen molar-refractivity contribution in [2.75, 3.05) is 14.2 Å². The maximum Gasteiger partial charge on any atom is 0.401 e. The fourth-order valence-corrected chi connectivity index (χ4v) is 1.53. The van der Waals surface area contributed by atoms with Gasteiger partial charge in [0.2, 0.25) is 0 Å². The summed E-state index contributed by atoms with van der Waals surface area (Å²) >= 11 is 4.95. The summed E-state index contributed by atoms with van der Waals surface area (Å²) in [5, 5.41) is 12.6. The standard InChI is InChI=1S/C10H11N2O3PS/c1-13-16(17,14-2)15-12-10(8-11)9-6-4-3-5-7-9/h3-7H,1-2H3. The number of hydrogen-bond donors (Lipinski definition) is 0. The lowest BCUT2D eigenvalue weighted by Gasteiger charge is -2.13. The van der Waals surface area contributed by atoms with Crippen molar-refractivity contribution >= 4 is 24.2 Å². The van der Waals surface area contributed by atoms with Crippen LogP contribution in [0.2, 0.25) is 0 Å². The van der Waals surface area contributed by atoms with E-state index in [0.29, 0.717) is 5.56 Å². The number of nitriles is 1. The lowest BCUT2D eigenvalue weighted by atomic mass is 10.1. The molecule has 1 rings (SSSR count). The predicted molar refractivity (Wildman–Crippen MR) is 68.0 cm³/mol. The van der Waals surface area contributed by atoms with E-state index < -0.39 is 6.72 Å². The van der Waals surface area contributed by atoms with Crippen LogP contribution < -0.4 is 0 Å². The molecule has 0 aliphatic heterocycles. The molecule has 0 aromatic heterocycles. The summed E-state index contributed by atoms with van der Waals surface area (Å²) < 4.78 is 14.7. The van der Waals surface area contributed by atoms with E-state index in [1.165, 1.54) is 14.2 Å². The molecule has 0 saturated carbocycles. The highest BCUT2D eigenvalue weighted by molar-refractivity contribution is 8.07. The van der Waals surface area contributed by atoms with Crippen molar-refractivity contribution in [3.8, 4) is 6.07 Å². The Hall–Kier alpha value is -1.25. The van der Waals surface area contributed by atoms with Gasteiger partial charge in [0.15, 0.2) is 5.71 Å². The second-order valence-corrected chi connectivity index (χ2v) is 5.94. The quantitative estimate of drug-likeness (QED) is 0.467. The molecule has 7 heteroatoms. The molecule has 17 heavy (non-hydrogen) atoms. The van der Waals surface area contributed by atoms with Crippen molar-refractivity contribution in [3.63, 3.8) is 0 Å². The van der Waals surface area contributed by atoms with Crippen LogP contribution in [0.3, 0.4) is 0 Å². The SMILES string of the molecule is COP(=S)(OC)ON=C(C#N)c1ccccc1. The Kier molecular flexibility index (Phi) is 5.26. The van der Waals surface area contributed by atoms with Gasteiger partial charge in [0.25, 0.3) is 0 Å². The predicted octanol–water partition coefficient (Wildman–Crippen LogP) is 2.45. The smallest absolute Gasteiger partial charge is 0.312 e. The summed E-state index contributed by atoms with van der Waals surface area (Å²) in [6, 6.07) is 10.8. The van der Waals surface area contributed by atoms with E-state index in [9.17, 15) is 0 Å². The van der Waals surface area contributed by atoms with Gasteiger partial charge in [-0.05, 0) is 0 Å². The fraction of sp³-hybridized carbons (Fsp3) is 0.200. The van der Waals surface area contributed by atoms with E-state index >= 15 is 0 Å². The minimum Gasteiger partial charge on any atom is -0.312 e. The van der Waals surface area contributed by atoms with Crippen molar-refractivity contribution in [2.24, 2.45) is 5.16 Å². The van der Waals surface area contributed by atoms with Crippen LogP contribution in [0.25, 0.3) is 0 Å². The average molecular weight is 270 g/mol. The Labute approximate surface area is 105 Å². The minimum absolute atomic E-state index is 0.119. The van der Waals surface area contributed by atoms with Crippen molar-refractivity contribution in [1.29, 1.82) is 5.26 Å². The van der Waals surface area contributed by atoms with Crippen LogP contribution >= 0.6 is 6.72 Å². The summed E-state index contributed by atoms with van der Waals surface area (Å²) in [6.07, 6.45) is 0. The van der Waals surface area contributed by atoms with Gasteiger partial charge < -0.3 is 13.7 Å². The van der Waals surface area contributed by atoms with Crippen LogP contribution in [-0.2, 0) is 25.5 Å². The first-order valence-electron chi connectivity index (χ1n) is 4.59. The molecule has 0 aliphatic rings. The molecule has 1 aromatic carbocycles. The van der Waals surface area contributed by atoms with Crippen molar-refractivity contribution in [1.82, 2.24) is 0 Å². The summed E-state index contributed by atoms with van der Waals surface area (Å²) in [6.45, 7) is -2.87. The molecule has 0 radical (unpaired) electrons. The third-order valence-corrected chi connectivity index (χ3v) is 4.10. The minimum atomic E-state index is -2.87. The lowest BCUT2D eigenvalue weighted by molar-refractivity contribution is 0.210. The highest BCUT2D eigenvalue weighted by Gasteiger charge is 2.18. The average Bonchev–Trinajstić information content (AvgIpc) is 2.40. The number of nitrogens with zero attached hydrogens (tertiary/aromatic N) is 2. The zero-order chi connectivity index (χ0) is 12.7. The second kappa shape index (κ2) is 6.48. The molecule has 0 saturated heterocycles.